The predicted octanol–water partition coefficient (Wildman–Crippen LogP) is 5.05. The number of hydrogen-bond donors (Lipinski definition) is 0. The van der Waals surface area contributed by atoms with E-state index < -0.39 is 0 Å². The molecule has 1 saturated carbocycles. The van der Waals surface area contributed by atoms with Gasteiger partial charge in [-0.1, -0.05) is 36.4 Å². The van der Waals surface area contributed by atoms with Crippen LogP contribution in [0.4, 0.5) is 17.3 Å². The molecule has 1 fully saturated rings. The van der Waals surface area contributed by atoms with Crippen LogP contribution in [0.2, 0.25) is 0 Å². The van der Waals surface area contributed by atoms with Crippen LogP contribution < -0.4 is 9.80 Å². The van der Waals surface area contributed by atoms with Crippen molar-refractivity contribution in [2.75, 3.05) is 30.9 Å². The Hall–Kier alpha value is -4.00. The Bertz CT molecular complexity index is 1470. The van der Waals surface area contributed by atoms with Gasteiger partial charge in [0.15, 0.2) is 5.65 Å². The molecule has 7 heteroatoms. The topological polar surface area (TPSA) is 62.5 Å². The highest BCUT2D eigenvalue weighted by molar-refractivity contribution is 5.92. The van der Waals surface area contributed by atoms with Crippen LogP contribution in [0.1, 0.15) is 24.3 Å². The number of aromatic nitrogens is 5. The molecular weight excluding hydrogens is 410 g/mol. The van der Waals surface area contributed by atoms with Gasteiger partial charge in [0.25, 0.3) is 5.78 Å². The maximum absolute atomic E-state index is 4.85. The number of anilines is 3. The molecule has 0 spiro atoms. The van der Waals surface area contributed by atoms with Crippen LogP contribution in [0.25, 0.3) is 27.9 Å². The van der Waals surface area contributed by atoms with Crippen LogP contribution in [0.3, 0.4) is 0 Å². The summed E-state index contributed by atoms with van der Waals surface area (Å²) in [7, 11) is 5.99. The van der Waals surface area contributed by atoms with Crippen molar-refractivity contribution in [3.63, 3.8) is 0 Å². The van der Waals surface area contributed by atoms with Crippen molar-refractivity contribution in [1.29, 1.82) is 0 Å². The first kappa shape index (κ1) is 19.7. The van der Waals surface area contributed by atoms with Gasteiger partial charge in [-0.25, -0.2) is 9.38 Å². The van der Waals surface area contributed by atoms with Gasteiger partial charge in [0, 0.05) is 26.8 Å². The van der Waals surface area contributed by atoms with E-state index in [9.17, 15) is 0 Å². The molecule has 0 saturated heterocycles. The summed E-state index contributed by atoms with van der Waals surface area (Å²) in [5.41, 5.74) is 5.69. The molecule has 1 aliphatic carbocycles. The average molecular weight is 436 g/mol. The van der Waals surface area contributed by atoms with Crippen LogP contribution >= 0.6 is 0 Å². The molecule has 5 aromatic rings. The Morgan fingerprint density at radius 2 is 1.70 bits per heavy atom. The summed E-state index contributed by atoms with van der Waals surface area (Å²) in [5.74, 6) is 2.96. The van der Waals surface area contributed by atoms with Gasteiger partial charge >= 0.3 is 0 Å². The molecule has 0 N–H and O–H groups in total. The van der Waals surface area contributed by atoms with Crippen LogP contribution in [-0.2, 0) is 0 Å². The molecule has 1 aliphatic rings. The lowest BCUT2D eigenvalue weighted by Crippen LogP contribution is -2.15. The third kappa shape index (κ3) is 3.46. The maximum atomic E-state index is 4.85. The van der Waals surface area contributed by atoms with Gasteiger partial charge in [-0.15, -0.1) is 10.2 Å². The minimum atomic E-state index is 0.527. The van der Waals surface area contributed by atoms with Gasteiger partial charge in [-0.05, 0) is 59.7 Å². The number of fused-ring (bicyclic) bond motifs is 3. The molecule has 3 heterocycles. The fourth-order valence-corrected chi connectivity index (χ4v) is 4.29. The highest BCUT2D eigenvalue weighted by Gasteiger charge is 2.23. The van der Waals surface area contributed by atoms with Gasteiger partial charge in [-0.2, -0.15) is 4.98 Å². The summed E-state index contributed by atoms with van der Waals surface area (Å²) in [5, 5.41) is 9.19. The van der Waals surface area contributed by atoms with E-state index in [1.807, 2.05) is 36.5 Å². The number of hydrogen-bond acceptors (Lipinski definition) is 6. The zero-order valence-electron chi connectivity index (χ0n) is 19.0. The largest absolute Gasteiger partial charge is 0.363 e. The SMILES string of the molecule is CN(C)c1ccc2c(N(C)c3cccc(-c4ccc(C5CC5)cc4)c3)nc3nncn3c2n1. The highest BCUT2D eigenvalue weighted by Crippen LogP contribution is 2.40. The van der Waals surface area contributed by atoms with E-state index in [2.05, 4.69) is 69.7 Å². The van der Waals surface area contributed by atoms with Crippen molar-refractivity contribution in [3.8, 4) is 11.1 Å². The van der Waals surface area contributed by atoms with Crippen LogP contribution in [0.5, 0.6) is 0 Å². The van der Waals surface area contributed by atoms with Crippen molar-refractivity contribution in [2.45, 2.75) is 18.8 Å². The van der Waals surface area contributed by atoms with Crippen molar-refractivity contribution < 1.29 is 0 Å². The summed E-state index contributed by atoms with van der Waals surface area (Å²) in [6.07, 6.45) is 4.30. The fraction of sp³-hybridized carbons (Fsp3) is 0.231. The maximum Gasteiger partial charge on any atom is 0.258 e. The van der Waals surface area contributed by atoms with E-state index in [1.54, 1.807) is 6.33 Å². The zero-order valence-corrected chi connectivity index (χ0v) is 19.0. The lowest BCUT2D eigenvalue weighted by molar-refractivity contribution is 1.04. The van der Waals surface area contributed by atoms with E-state index in [0.29, 0.717) is 5.78 Å². The normalized spacial score (nSPS) is 13.5. The fourth-order valence-electron chi connectivity index (χ4n) is 4.29. The van der Waals surface area contributed by atoms with Crippen LogP contribution in [-0.4, -0.2) is 45.7 Å². The van der Waals surface area contributed by atoms with Crippen LogP contribution in [0.15, 0.2) is 67.0 Å². The molecule has 7 nitrogen and oxygen atoms in total. The number of pyridine rings is 1. The Morgan fingerprint density at radius 1 is 0.879 bits per heavy atom. The lowest BCUT2D eigenvalue weighted by Gasteiger charge is -2.21. The molecule has 6 rings (SSSR count). The minimum absolute atomic E-state index is 0.527. The molecular formula is C26H25N7. The summed E-state index contributed by atoms with van der Waals surface area (Å²) in [6.45, 7) is 0. The molecule has 33 heavy (non-hydrogen) atoms. The average Bonchev–Trinajstić information content (AvgIpc) is 3.59. The first-order valence-corrected chi connectivity index (χ1v) is 11.2. The molecule has 0 aliphatic heterocycles. The van der Waals surface area contributed by atoms with E-state index in [0.717, 1.165) is 34.3 Å². The second-order valence-corrected chi connectivity index (χ2v) is 8.88. The Labute approximate surface area is 192 Å². The summed E-state index contributed by atoms with van der Waals surface area (Å²) in [4.78, 5) is 13.7. The van der Waals surface area contributed by atoms with Gasteiger partial charge in [0.2, 0.25) is 0 Å². The number of nitrogens with zero attached hydrogens (tertiary/aromatic N) is 7. The highest BCUT2D eigenvalue weighted by atomic mass is 15.3. The third-order valence-corrected chi connectivity index (χ3v) is 6.37. The monoisotopic (exact) mass is 435 g/mol. The molecule has 0 radical (unpaired) electrons. The van der Waals surface area contributed by atoms with Gasteiger partial charge in [0.1, 0.15) is 18.0 Å². The Kier molecular flexibility index (Phi) is 4.50. The quantitative estimate of drug-likeness (QED) is 0.385. The first-order chi connectivity index (χ1) is 16.1. The van der Waals surface area contributed by atoms with Gasteiger partial charge < -0.3 is 9.80 Å². The third-order valence-electron chi connectivity index (χ3n) is 6.37. The van der Waals surface area contributed by atoms with Gasteiger partial charge in [0.05, 0.1) is 5.39 Å². The standard InChI is InChI=1S/C26H25N7/c1-31(2)23-14-13-22-24(29-26-30-27-16-33(26)25(22)28-23)32(3)21-6-4-5-20(15-21)19-11-9-18(10-12-19)17-7-8-17/h4-6,9-17H,7-8H2,1-3H3. The second kappa shape index (κ2) is 7.55. The molecule has 0 atom stereocenters. The Balaban J connectivity index is 1.43. The van der Waals surface area contributed by atoms with E-state index in [1.165, 1.54) is 29.5 Å². The summed E-state index contributed by atoms with van der Waals surface area (Å²) < 4.78 is 1.83. The number of rotatable bonds is 5. The van der Waals surface area contributed by atoms with Crippen LogP contribution in [0, 0.1) is 0 Å². The summed E-state index contributed by atoms with van der Waals surface area (Å²) in [6, 6.07) is 21.6. The Morgan fingerprint density at radius 3 is 2.45 bits per heavy atom. The second-order valence-electron chi connectivity index (χ2n) is 8.88. The van der Waals surface area contributed by atoms with E-state index >= 15 is 0 Å². The van der Waals surface area contributed by atoms with Crippen molar-refractivity contribution >= 4 is 34.1 Å². The zero-order chi connectivity index (χ0) is 22.5. The lowest BCUT2D eigenvalue weighted by atomic mass is 10.0. The molecule has 0 unspecified atom stereocenters. The smallest absolute Gasteiger partial charge is 0.258 e. The summed E-state index contributed by atoms with van der Waals surface area (Å²) >= 11 is 0. The molecule has 0 bridgehead atoms. The van der Waals surface area contributed by atoms with Crippen molar-refractivity contribution in [3.05, 3.63) is 72.6 Å². The van der Waals surface area contributed by atoms with E-state index in [-0.39, 0.29) is 0 Å². The number of benzene rings is 2. The first-order valence-electron chi connectivity index (χ1n) is 11.2. The molecule has 164 valence electrons. The van der Waals surface area contributed by atoms with Gasteiger partial charge in [-0.3, -0.25) is 0 Å². The molecule has 0 amide bonds. The van der Waals surface area contributed by atoms with E-state index in [4.69, 9.17) is 9.97 Å². The predicted molar refractivity (Wildman–Crippen MR) is 132 cm³/mol. The minimum Gasteiger partial charge on any atom is -0.363 e. The molecule has 3 aromatic heterocycles. The molecule has 2 aromatic carbocycles. The van der Waals surface area contributed by atoms with Crippen molar-refractivity contribution in [1.82, 2.24) is 24.6 Å². The van der Waals surface area contributed by atoms with Crippen molar-refractivity contribution in [2.24, 2.45) is 0 Å².